The lowest BCUT2D eigenvalue weighted by atomic mass is 10.4. The number of amides is 1. The molecule has 0 aromatic carbocycles. The maximum absolute atomic E-state index is 11.6. The number of aromatic nitrogens is 2. The first kappa shape index (κ1) is 12.0. The standard InChI is InChI=1S/C9H9Cl2N3OS/c1-16-9-12-6(11)3-7(13-9)14-4-5(10)2-8(14)15/h3,5H,2,4H2,1H3. The molecule has 2 rings (SSSR count). The summed E-state index contributed by atoms with van der Waals surface area (Å²) in [5.74, 6) is 0.499. The van der Waals surface area contributed by atoms with E-state index in [1.165, 1.54) is 11.8 Å². The molecule has 0 aliphatic carbocycles. The average molecular weight is 278 g/mol. The molecule has 0 saturated carbocycles. The van der Waals surface area contributed by atoms with Crippen molar-refractivity contribution in [3.63, 3.8) is 0 Å². The zero-order valence-corrected chi connectivity index (χ0v) is 10.8. The van der Waals surface area contributed by atoms with Crippen molar-refractivity contribution in [2.45, 2.75) is 17.0 Å². The van der Waals surface area contributed by atoms with E-state index < -0.39 is 0 Å². The minimum atomic E-state index is -0.154. The molecule has 1 aliphatic rings. The number of rotatable bonds is 2. The summed E-state index contributed by atoms with van der Waals surface area (Å²) in [7, 11) is 0. The molecule has 1 aromatic rings. The number of hydrogen-bond donors (Lipinski definition) is 0. The average Bonchev–Trinajstić information content (AvgIpc) is 2.57. The van der Waals surface area contributed by atoms with Crippen LogP contribution in [0.2, 0.25) is 5.15 Å². The van der Waals surface area contributed by atoms with E-state index in [-0.39, 0.29) is 11.3 Å². The van der Waals surface area contributed by atoms with Crippen LogP contribution in [0.4, 0.5) is 5.82 Å². The van der Waals surface area contributed by atoms with E-state index in [0.717, 1.165) is 0 Å². The van der Waals surface area contributed by atoms with Gasteiger partial charge >= 0.3 is 0 Å². The fourth-order valence-electron chi connectivity index (χ4n) is 1.50. The third kappa shape index (κ3) is 2.42. The number of nitrogens with zero attached hydrogens (tertiary/aromatic N) is 3. The quantitative estimate of drug-likeness (QED) is 0.360. The van der Waals surface area contributed by atoms with Gasteiger partial charge in [-0.15, -0.1) is 11.6 Å². The van der Waals surface area contributed by atoms with Crippen molar-refractivity contribution in [2.24, 2.45) is 0 Å². The third-order valence-electron chi connectivity index (χ3n) is 2.20. The molecular weight excluding hydrogens is 269 g/mol. The SMILES string of the molecule is CSc1nc(Cl)cc(N2CC(Cl)CC2=O)n1. The molecule has 86 valence electrons. The van der Waals surface area contributed by atoms with Crippen LogP contribution in [-0.2, 0) is 4.79 Å². The molecule has 7 heteroatoms. The summed E-state index contributed by atoms with van der Waals surface area (Å²) in [6, 6.07) is 1.58. The van der Waals surface area contributed by atoms with E-state index in [9.17, 15) is 4.79 Å². The largest absolute Gasteiger partial charge is 0.295 e. The van der Waals surface area contributed by atoms with Crippen molar-refractivity contribution in [3.8, 4) is 0 Å². The van der Waals surface area contributed by atoms with Crippen LogP contribution in [-0.4, -0.2) is 34.1 Å². The van der Waals surface area contributed by atoms with Gasteiger partial charge in [0.25, 0.3) is 0 Å². The second kappa shape index (κ2) is 4.77. The Hall–Kier alpha value is -0.520. The Bertz CT molecular complexity index is 429. The van der Waals surface area contributed by atoms with E-state index in [4.69, 9.17) is 23.2 Å². The highest BCUT2D eigenvalue weighted by molar-refractivity contribution is 7.98. The van der Waals surface area contributed by atoms with Gasteiger partial charge in [0.15, 0.2) is 5.16 Å². The molecule has 0 radical (unpaired) electrons. The van der Waals surface area contributed by atoms with Crippen molar-refractivity contribution >= 4 is 46.7 Å². The Balaban J connectivity index is 2.33. The molecule has 2 heterocycles. The van der Waals surface area contributed by atoms with Gasteiger partial charge in [-0.05, 0) is 6.26 Å². The predicted octanol–water partition coefficient (Wildman–Crippen LogP) is 2.20. The number of halogens is 2. The van der Waals surface area contributed by atoms with Gasteiger partial charge in [-0.3, -0.25) is 9.69 Å². The lowest BCUT2D eigenvalue weighted by Gasteiger charge is -2.15. The Labute approximate surface area is 107 Å². The summed E-state index contributed by atoms with van der Waals surface area (Å²) >= 11 is 13.2. The summed E-state index contributed by atoms with van der Waals surface area (Å²) in [6.07, 6.45) is 2.20. The minimum Gasteiger partial charge on any atom is -0.295 e. The van der Waals surface area contributed by atoms with Gasteiger partial charge in [-0.25, -0.2) is 9.97 Å². The van der Waals surface area contributed by atoms with Gasteiger partial charge in [0.05, 0.1) is 5.38 Å². The molecule has 0 bridgehead atoms. The van der Waals surface area contributed by atoms with Crippen LogP contribution in [0.1, 0.15) is 6.42 Å². The van der Waals surface area contributed by atoms with Gasteiger partial charge in [0.1, 0.15) is 11.0 Å². The van der Waals surface area contributed by atoms with Crippen LogP contribution in [0.3, 0.4) is 0 Å². The summed E-state index contributed by atoms with van der Waals surface area (Å²) < 4.78 is 0. The summed E-state index contributed by atoms with van der Waals surface area (Å²) in [5, 5.41) is 0.729. The summed E-state index contributed by atoms with van der Waals surface area (Å²) in [6.45, 7) is 0.474. The highest BCUT2D eigenvalue weighted by Crippen LogP contribution is 2.25. The van der Waals surface area contributed by atoms with Crippen molar-refractivity contribution in [3.05, 3.63) is 11.2 Å². The van der Waals surface area contributed by atoms with Crippen LogP contribution >= 0.6 is 35.0 Å². The molecule has 1 unspecified atom stereocenters. The van der Waals surface area contributed by atoms with E-state index in [0.29, 0.717) is 29.1 Å². The van der Waals surface area contributed by atoms with Crippen molar-refractivity contribution in [1.82, 2.24) is 9.97 Å². The van der Waals surface area contributed by atoms with Gasteiger partial charge in [-0.2, -0.15) is 0 Å². The molecular formula is C9H9Cl2N3OS. The summed E-state index contributed by atoms with van der Waals surface area (Å²) in [5.41, 5.74) is 0. The van der Waals surface area contributed by atoms with E-state index in [1.54, 1.807) is 11.0 Å². The summed E-state index contributed by atoms with van der Waals surface area (Å²) in [4.78, 5) is 21.4. The number of carbonyl (C=O) groups excluding carboxylic acids is 1. The molecule has 1 fully saturated rings. The number of hydrogen-bond acceptors (Lipinski definition) is 4. The maximum Gasteiger partial charge on any atom is 0.229 e. The molecule has 4 nitrogen and oxygen atoms in total. The molecule has 16 heavy (non-hydrogen) atoms. The molecule has 1 atom stereocenters. The van der Waals surface area contributed by atoms with Gasteiger partial charge in [0, 0.05) is 19.0 Å². The zero-order chi connectivity index (χ0) is 11.7. The number of alkyl halides is 1. The smallest absolute Gasteiger partial charge is 0.229 e. The molecule has 0 N–H and O–H groups in total. The van der Waals surface area contributed by atoms with Gasteiger partial charge in [0.2, 0.25) is 5.91 Å². The fraction of sp³-hybridized carbons (Fsp3) is 0.444. The molecule has 1 amide bonds. The second-order valence-corrected chi connectivity index (χ2v) is 5.12. The van der Waals surface area contributed by atoms with E-state index in [2.05, 4.69) is 9.97 Å². The molecule has 0 spiro atoms. The number of thioether (sulfide) groups is 1. The van der Waals surface area contributed by atoms with Crippen LogP contribution < -0.4 is 4.90 Å². The fourth-order valence-corrected chi connectivity index (χ4v) is 2.37. The van der Waals surface area contributed by atoms with E-state index in [1.807, 2.05) is 6.26 Å². The van der Waals surface area contributed by atoms with Crippen LogP contribution in [0.15, 0.2) is 11.2 Å². The Morgan fingerprint density at radius 2 is 2.31 bits per heavy atom. The first-order valence-electron chi connectivity index (χ1n) is 4.63. The first-order chi connectivity index (χ1) is 7.60. The van der Waals surface area contributed by atoms with Crippen LogP contribution in [0, 0.1) is 0 Å². The van der Waals surface area contributed by atoms with Crippen molar-refractivity contribution < 1.29 is 4.79 Å². The van der Waals surface area contributed by atoms with Gasteiger partial charge in [-0.1, -0.05) is 23.4 Å². The maximum atomic E-state index is 11.6. The van der Waals surface area contributed by atoms with Crippen LogP contribution in [0.25, 0.3) is 0 Å². The Morgan fingerprint density at radius 1 is 1.56 bits per heavy atom. The highest BCUT2D eigenvalue weighted by Gasteiger charge is 2.30. The zero-order valence-electron chi connectivity index (χ0n) is 8.48. The Morgan fingerprint density at radius 3 is 2.88 bits per heavy atom. The van der Waals surface area contributed by atoms with Crippen molar-refractivity contribution in [2.75, 3.05) is 17.7 Å². The molecule has 1 aromatic heterocycles. The molecule has 1 aliphatic heterocycles. The van der Waals surface area contributed by atoms with Gasteiger partial charge < -0.3 is 0 Å². The third-order valence-corrected chi connectivity index (χ3v) is 3.23. The van der Waals surface area contributed by atoms with Crippen LogP contribution in [0.5, 0.6) is 0 Å². The lowest BCUT2D eigenvalue weighted by Crippen LogP contribution is -2.25. The molecule has 1 saturated heterocycles. The highest BCUT2D eigenvalue weighted by atomic mass is 35.5. The Kier molecular flexibility index (Phi) is 3.56. The second-order valence-electron chi connectivity index (χ2n) is 3.34. The number of carbonyl (C=O) groups is 1. The lowest BCUT2D eigenvalue weighted by molar-refractivity contribution is -0.117. The minimum absolute atomic E-state index is 0.0261. The van der Waals surface area contributed by atoms with Crippen molar-refractivity contribution in [1.29, 1.82) is 0 Å². The predicted molar refractivity (Wildman–Crippen MR) is 65.4 cm³/mol. The monoisotopic (exact) mass is 277 g/mol. The normalized spacial score (nSPS) is 20.6. The first-order valence-corrected chi connectivity index (χ1v) is 6.67. The topological polar surface area (TPSA) is 46.1 Å². The van der Waals surface area contributed by atoms with E-state index >= 15 is 0 Å². The number of anilines is 1.